The van der Waals surface area contributed by atoms with Gasteiger partial charge in [0, 0.05) is 50.7 Å². The molecule has 1 fully saturated rings. The molecule has 1 aromatic heterocycles. The van der Waals surface area contributed by atoms with E-state index in [1.54, 1.807) is 6.92 Å². The number of piperazine rings is 1. The Bertz CT molecular complexity index is 1000. The summed E-state index contributed by atoms with van der Waals surface area (Å²) >= 11 is 1.53. The normalized spacial score (nSPS) is 15.0. The highest BCUT2D eigenvalue weighted by Crippen LogP contribution is 2.25. The second kappa shape index (κ2) is 11.3. The Morgan fingerprint density at radius 1 is 1.03 bits per heavy atom. The topological polar surface area (TPSA) is 74.5 Å². The van der Waals surface area contributed by atoms with E-state index >= 15 is 0 Å². The number of nitrogens with one attached hydrogen (secondary N) is 1. The summed E-state index contributed by atoms with van der Waals surface area (Å²) in [5.41, 5.74) is 2.04. The van der Waals surface area contributed by atoms with Gasteiger partial charge in [-0.1, -0.05) is 47.6 Å². The summed E-state index contributed by atoms with van der Waals surface area (Å²) < 4.78 is 5.17. The van der Waals surface area contributed by atoms with E-state index in [0.717, 1.165) is 44.2 Å². The van der Waals surface area contributed by atoms with Crippen molar-refractivity contribution in [2.45, 2.75) is 24.1 Å². The standard InChI is InChI=1S/C24H29N5O2S/c1-19-26-23(31-27-19)18-32-22-10-6-5-9-21(22)24(30)25-11-12-28-13-15-29(16-14-28)17-20-7-3-2-4-8-20/h2-10H,11-18H2,1H3,(H,25,30). The van der Waals surface area contributed by atoms with Crippen molar-refractivity contribution < 1.29 is 9.32 Å². The Morgan fingerprint density at radius 3 is 2.50 bits per heavy atom. The zero-order valence-corrected chi connectivity index (χ0v) is 19.2. The fourth-order valence-corrected chi connectivity index (χ4v) is 4.64. The van der Waals surface area contributed by atoms with Gasteiger partial charge >= 0.3 is 0 Å². The molecule has 0 bridgehead atoms. The molecule has 0 unspecified atom stereocenters. The molecule has 4 rings (SSSR count). The van der Waals surface area contributed by atoms with Crippen LogP contribution in [0.1, 0.15) is 27.6 Å². The molecule has 7 nitrogen and oxygen atoms in total. The molecule has 0 radical (unpaired) electrons. The van der Waals surface area contributed by atoms with Crippen molar-refractivity contribution >= 4 is 17.7 Å². The summed E-state index contributed by atoms with van der Waals surface area (Å²) in [6.45, 7) is 8.46. The summed E-state index contributed by atoms with van der Waals surface area (Å²) in [6.07, 6.45) is 0. The first kappa shape index (κ1) is 22.5. The maximum Gasteiger partial charge on any atom is 0.252 e. The second-order valence-corrected chi connectivity index (χ2v) is 8.90. The van der Waals surface area contributed by atoms with E-state index in [0.29, 0.717) is 29.6 Å². The van der Waals surface area contributed by atoms with Gasteiger partial charge in [-0.25, -0.2) is 0 Å². The van der Waals surface area contributed by atoms with Gasteiger partial charge in [0.2, 0.25) is 5.89 Å². The number of thioether (sulfide) groups is 1. The fraction of sp³-hybridized carbons (Fsp3) is 0.375. The molecule has 0 saturated carbocycles. The zero-order valence-electron chi connectivity index (χ0n) is 18.4. The summed E-state index contributed by atoms with van der Waals surface area (Å²) in [4.78, 5) is 22.8. The number of carbonyl (C=O) groups is 1. The fourth-order valence-electron chi connectivity index (χ4n) is 3.75. The molecule has 2 heterocycles. The van der Waals surface area contributed by atoms with Crippen molar-refractivity contribution in [1.29, 1.82) is 0 Å². The summed E-state index contributed by atoms with van der Waals surface area (Å²) in [5, 5.41) is 6.89. The van der Waals surface area contributed by atoms with E-state index < -0.39 is 0 Å². The van der Waals surface area contributed by atoms with Gasteiger partial charge in [0.25, 0.3) is 5.91 Å². The van der Waals surface area contributed by atoms with Crippen LogP contribution in [-0.2, 0) is 12.3 Å². The number of carbonyl (C=O) groups excluding carboxylic acids is 1. The summed E-state index contributed by atoms with van der Waals surface area (Å²) in [6, 6.07) is 18.3. The van der Waals surface area contributed by atoms with Crippen LogP contribution >= 0.6 is 11.8 Å². The lowest BCUT2D eigenvalue weighted by molar-refractivity contribution is 0.0931. The third-order valence-electron chi connectivity index (χ3n) is 5.48. The molecule has 8 heteroatoms. The minimum absolute atomic E-state index is 0.0440. The van der Waals surface area contributed by atoms with Crippen LogP contribution in [-0.4, -0.2) is 65.1 Å². The SMILES string of the molecule is Cc1noc(CSc2ccccc2C(=O)NCCN2CCN(Cc3ccccc3)CC2)n1. The summed E-state index contributed by atoms with van der Waals surface area (Å²) in [5.74, 6) is 1.68. The van der Waals surface area contributed by atoms with E-state index in [1.807, 2.05) is 24.3 Å². The second-order valence-electron chi connectivity index (χ2n) is 7.88. The molecular weight excluding hydrogens is 422 g/mol. The number of aromatic nitrogens is 2. The predicted octanol–water partition coefficient (Wildman–Crippen LogP) is 3.22. The highest BCUT2D eigenvalue weighted by molar-refractivity contribution is 7.98. The van der Waals surface area contributed by atoms with Crippen LogP contribution in [0.4, 0.5) is 0 Å². The molecule has 1 N–H and O–H groups in total. The van der Waals surface area contributed by atoms with Crippen molar-refractivity contribution in [2.24, 2.45) is 0 Å². The van der Waals surface area contributed by atoms with Crippen LogP contribution in [0, 0.1) is 6.92 Å². The van der Waals surface area contributed by atoms with Gasteiger partial charge in [0.15, 0.2) is 5.82 Å². The first-order chi connectivity index (χ1) is 15.7. The van der Waals surface area contributed by atoms with E-state index in [4.69, 9.17) is 4.52 Å². The molecule has 0 atom stereocenters. The third-order valence-corrected chi connectivity index (χ3v) is 6.54. The largest absolute Gasteiger partial charge is 0.351 e. The van der Waals surface area contributed by atoms with Crippen LogP contribution in [0.15, 0.2) is 64.0 Å². The lowest BCUT2D eigenvalue weighted by Crippen LogP contribution is -2.48. The maximum atomic E-state index is 12.8. The Labute approximate surface area is 193 Å². The average molecular weight is 452 g/mol. The minimum Gasteiger partial charge on any atom is -0.351 e. The van der Waals surface area contributed by atoms with Gasteiger partial charge in [-0.05, 0) is 24.6 Å². The Hall–Kier alpha value is -2.68. The molecule has 2 aromatic carbocycles. The summed E-state index contributed by atoms with van der Waals surface area (Å²) in [7, 11) is 0. The molecule has 1 aliphatic heterocycles. The Morgan fingerprint density at radius 2 is 1.75 bits per heavy atom. The molecule has 0 aliphatic carbocycles. The van der Waals surface area contributed by atoms with Gasteiger partial charge in [-0.2, -0.15) is 4.98 Å². The number of nitrogens with zero attached hydrogens (tertiary/aromatic N) is 4. The van der Waals surface area contributed by atoms with Crippen LogP contribution < -0.4 is 5.32 Å². The Balaban J connectivity index is 1.20. The van der Waals surface area contributed by atoms with Crippen molar-refractivity contribution in [1.82, 2.24) is 25.3 Å². The lowest BCUT2D eigenvalue weighted by Gasteiger charge is -2.34. The van der Waals surface area contributed by atoms with Gasteiger partial charge in [0.05, 0.1) is 11.3 Å². The van der Waals surface area contributed by atoms with Crippen molar-refractivity contribution in [3.63, 3.8) is 0 Å². The number of hydrogen-bond donors (Lipinski definition) is 1. The van der Waals surface area contributed by atoms with Gasteiger partial charge in [-0.3, -0.25) is 14.6 Å². The van der Waals surface area contributed by atoms with Crippen LogP contribution in [0.2, 0.25) is 0 Å². The van der Waals surface area contributed by atoms with Crippen LogP contribution in [0.5, 0.6) is 0 Å². The van der Waals surface area contributed by atoms with E-state index in [2.05, 4.69) is 55.6 Å². The molecule has 1 aliphatic rings. The van der Waals surface area contributed by atoms with Crippen LogP contribution in [0.25, 0.3) is 0 Å². The van der Waals surface area contributed by atoms with Gasteiger partial charge < -0.3 is 9.84 Å². The quantitative estimate of drug-likeness (QED) is 0.501. The monoisotopic (exact) mass is 451 g/mol. The number of rotatable bonds is 9. The Kier molecular flexibility index (Phi) is 7.92. The molecule has 1 saturated heterocycles. The minimum atomic E-state index is -0.0440. The molecule has 3 aromatic rings. The number of hydrogen-bond acceptors (Lipinski definition) is 7. The smallest absolute Gasteiger partial charge is 0.252 e. The molecule has 1 amide bonds. The van der Waals surface area contributed by atoms with E-state index in [1.165, 1.54) is 17.3 Å². The van der Waals surface area contributed by atoms with Crippen molar-refractivity contribution in [2.75, 3.05) is 39.3 Å². The maximum absolute atomic E-state index is 12.8. The molecule has 168 valence electrons. The van der Waals surface area contributed by atoms with E-state index in [-0.39, 0.29) is 5.91 Å². The molecular formula is C24H29N5O2S. The highest BCUT2D eigenvalue weighted by Gasteiger charge is 2.17. The zero-order chi connectivity index (χ0) is 22.2. The lowest BCUT2D eigenvalue weighted by atomic mass is 10.2. The highest BCUT2D eigenvalue weighted by atomic mass is 32.2. The van der Waals surface area contributed by atoms with E-state index in [9.17, 15) is 4.79 Å². The number of aryl methyl sites for hydroxylation is 1. The van der Waals surface area contributed by atoms with Gasteiger partial charge in [-0.15, -0.1) is 11.8 Å². The average Bonchev–Trinajstić information content (AvgIpc) is 3.25. The van der Waals surface area contributed by atoms with Crippen LogP contribution in [0.3, 0.4) is 0 Å². The van der Waals surface area contributed by atoms with Crippen molar-refractivity contribution in [3.05, 3.63) is 77.4 Å². The predicted molar refractivity (Wildman–Crippen MR) is 126 cm³/mol. The van der Waals surface area contributed by atoms with Gasteiger partial charge in [0.1, 0.15) is 0 Å². The molecule has 0 spiro atoms. The first-order valence-electron chi connectivity index (χ1n) is 11.0. The number of amides is 1. The first-order valence-corrected chi connectivity index (χ1v) is 11.9. The number of benzene rings is 2. The van der Waals surface area contributed by atoms with Crippen molar-refractivity contribution in [3.8, 4) is 0 Å². The third kappa shape index (κ3) is 6.41. The molecule has 32 heavy (non-hydrogen) atoms.